The molecule has 0 saturated carbocycles. The summed E-state index contributed by atoms with van der Waals surface area (Å²) in [6, 6.07) is 59.2. The van der Waals surface area contributed by atoms with Crippen LogP contribution in [0.4, 0.5) is 0 Å². The van der Waals surface area contributed by atoms with E-state index in [-0.39, 0.29) is 67.1 Å². The first-order valence-electron chi connectivity index (χ1n) is 25.5. The van der Waals surface area contributed by atoms with Gasteiger partial charge in [0, 0.05) is 38.3 Å². The number of likely N-dealkylation sites (tertiary alicyclic amines) is 4. The van der Waals surface area contributed by atoms with Gasteiger partial charge in [0.2, 0.25) is 11.8 Å². The molecule has 4 N–H and O–H groups in total. The van der Waals surface area contributed by atoms with E-state index < -0.39 is 29.9 Å². The van der Waals surface area contributed by atoms with E-state index in [4.69, 9.17) is 4.74 Å². The third kappa shape index (κ3) is 14.1. The fraction of sp³-hybridized carbons (Fsp3) is 0.355. The topological polar surface area (TPSA) is 172 Å². The van der Waals surface area contributed by atoms with Crippen LogP contribution in [0.1, 0.15) is 103 Å². The molecule has 390 valence electrons. The molecule has 2 amide bonds. The van der Waals surface area contributed by atoms with E-state index in [0.717, 1.165) is 67.7 Å². The second kappa shape index (κ2) is 28.5. The molecule has 75 heavy (non-hydrogen) atoms. The minimum absolute atomic E-state index is 0. The Morgan fingerprint density at radius 2 is 0.800 bits per heavy atom. The van der Waals surface area contributed by atoms with Gasteiger partial charge in [-0.3, -0.25) is 19.4 Å². The van der Waals surface area contributed by atoms with Crippen molar-refractivity contribution in [2.45, 2.75) is 93.8 Å². The number of nitrogens with zero attached hydrogens (tertiary/aromatic N) is 4. The van der Waals surface area contributed by atoms with Gasteiger partial charge >= 0.3 is 30.8 Å². The summed E-state index contributed by atoms with van der Waals surface area (Å²) >= 11 is 0. The maximum absolute atomic E-state index is 14.2. The van der Waals surface area contributed by atoms with Crippen LogP contribution in [0.5, 0.6) is 0 Å². The number of aliphatic carboxylic acids is 1. The molecule has 0 bridgehead atoms. The number of hydrogen-bond acceptors (Lipinski definition) is 8. The van der Waals surface area contributed by atoms with Crippen LogP contribution in [0.25, 0.3) is 0 Å². The van der Waals surface area contributed by atoms with E-state index in [9.17, 15) is 24.3 Å². The van der Waals surface area contributed by atoms with Crippen molar-refractivity contribution in [3.63, 3.8) is 0 Å². The minimum atomic E-state index is -0.919. The van der Waals surface area contributed by atoms with Crippen LogP contribution in [0.3, 0.4) is 0 Å². The molecule has 4 aliphatic rings. The fourth-order valence-electron chi connectivity index (χ4n) is 11.8. The Morgan fingerprint density at radius 1 is 0.493 bits per heavy atom. The van der Waals surface area contributed by atoms with Crippen LogP contribution < -0.4 is 18.9 Å². The minimum Gasteiger partial charge on any atom is -0.870 e. The number of ether oxygens (including phenoxy) is 1. The van der Waals surface area contributed by atoms with E-state index >= 15 is 0 Å². The summed E-state index contributed by atoms with van der Waals surface area (Å²) < 4.78 is 5.18. The van der Waals surface area contributed by atoms with Gasteiger partial charge in [0.05, 0.1) is 18.9 Å². The Labute approximate surface area is 455 Å². The summed E-state index contributed by atoms with van der Waals surface area (Å²) in [7, 11) is 1.41. The van der Waals surface area contributed by atoms with Gasteiger partial charge in [-0.05, 0) is 96.8 Å². The van der Waals surface area contributed by atoms with E-state index in [1.165, 1.54) is 24.7 Å². The number of benzene rings is 6. The molecular weight excluding hydrogens is 936 g/mol. The predicted molar refractivity (Wildman–Crippen MR) is 289 cm³/mol. The molecule has 6 aromatic rings. The molecule has 13 heteroatoms. The van der Waals surface area contributed by atoms with Crippen molar-refractivity contribution in [1.29, 1.82) is 0 Å². The molecule has 10 rings (SSSR count). The van der Waals surface area contributed by atoms with Gasteiger partial charge in [0.15, 0.2) is 0 Å². The van der Waals surface area contributed by atoms with Crippen molar-refractivity contribution >= 4 is 23.8 Å². The largest absolute Gasteiger partial charge is 1.00 e. The van der Waals surface area contributed by atoms with E-state index in [1.54, 1.807) is 9.80 Å². The Bertz CT molecular complexity index is 2590. The maximum atomic E-state index is 14.2. The molecule has 4 heterocycles. The zero-order chi connectivity index (χ0) is 49.1. The summed E-state index contributed by atoms with van der Waals surface area (Å²) in [5.41, 5.74) is 6.35. The third-order valence-electron chi connectivity index (χ3n) is 15.4. The number of rotatable bonds is 12. The van der Waals surface area contributed by atoms with Gasteiger partial charge in [-0.2, -0.15) is 0 Å². The number of esters is 1. The van der Waals surface area contributed by atoms with Crippen molar-refractivity contribution < 1.29 is 58.8 Å². The quantitative estimate of drug-likeness (QED) is 0.110. The zero-order valence-electron chi connectivity index (χ0n) is 42.6. The van der Waals surface area contributed by atoms with E-state index in [1.807, 2.05) is 127 Å². The second-order valence-electron chi connectivity index (χ2n) is 19.7. The van der Waals surface area contributed by atoms with Gasteiger partial charge in [0.25, 0.3) is 0 Å². The summed E-state index contributed by atoms with van der Waals surface area (Å²) in [4.78, 5) is 61.8. The van der Waals surface area contributed by atoms with Gasteiger partial charge in [0.1, 0.15) is 12.1 Å². The predicted octanol–water partition coefficient (Wildman–Crippen LogP) is 6.23. The molecule has 0 radical (unpaired) electrons. The van der Waals surface area contributed by atoms with Gasteiger partial charge < -0.3 is 30.6 Å². The van der Waals surface area contributed by atoms with Crippen molar-refractivity contribution in [3.05, 3.63) is 215 Å². The molecule has 4 aliphatic heterocycles. The average Bonchev–Trinajstić information content (AvgIpc) is 4.10. The van der Waals surface area contributed by atoms with Gasteiger partial charge in [-0.15, -0.1) is 0 Å². The summed E-state index contributed by atoms with van der Waals surface area (Å²) in [5, 5.41) is 10.1. The van der Waals surface area contributed by atoms with E-state index in [0.29, 0.717) is 37.8 Å². The number of piperidine rings is 2. The Hall–Kier alpha value is -6.36. The first kappa shape index (κ1) is 59.5. The van der Waals surface area contributed by atoms with E-state index in [2.05, 4.69) is 64.4 Å². The molecule has 0 unspecified atom stereocenters. The van der Waals surface area contributed by atoms with Gasteiger partial charge in [-0.1, -0.05) is 189 Å². The second-order valence-corrected chi connectivity index (χ2v) is 19.7. The average molecular weight is 1010 g/mol. The molecule has 4 fully saturated rings. The summed E-state index contributed by atoms with van der Waals surface area (Å²) in [6.45, 7) is 4.78. The normalized spacial score (nSPS) is 21.5. The SMILES string of the molecule is C.COC(=O)[C@@H]1C[C@H](N2CCC[C@H](c3ccccc3)C2)CN1C(=O)C(c1ccccc1)c1ccccc1.O.O=C(O)[C@@H]1C[C@H](N2CCC[C@H](c3ccccc3)C2)CN1C(=O)C(c1ccccc1)c1ccccc1.[Li+].[OH-]. The van der Waals surface area contributed by atoms with Crippen LogP contribution in [-0.2, 0) is 23.9 Å². The number of carbonyl (C=O) groups is 4. The standard InChI is InChI=1S/C31H34N2O3.C30H32N2O3.CH4.Li.2H2O/c1-36-31(35)28-20-27(32-19-11-18-26(21-32)23-12-5-2-6-13-23)22-33(28)30(34)29(24-14-7-3-8-15-24)25-16-9-4-10-17-25;33-29(28(23-13-6-2-7-14-23)24-15-8-3-9-16-24)32-21-26(19-27(32)30(34)35)31-18-10-17-25(20-31)22-11-4-1-5-12-22;;;;/h2-10,12-17,26-29H,11,18-22H2,1H3;1-9,11-16,25-28H,10,17-21H2,(H,34,35);1H4;;2*1H2/q;;;+1;;/p-1/t26-,27-,28-;25-,26-,27-;;;;/m00..../s1. The number of amides is 2. The summed E-state index contributed by atoms with van der Waals surface area (Å²) in [6.07, 6.45) is 5.58. The van der Waals surface area contributed by atoms with Crippen molar-refractivity contribution in [1.82, 2.24) is 19.6 Å². The molecule has 6 atom stereocenters. The Morgan fingerprint density at radius 3 is 1.12 bits per heavy atom. The van der Waals surface area contributed by atoms with Crippen molar-refractivity contribution in [2.75, 3.05) is 46.4 Å². The Balaban J connectivity index is 0.000000263. The molecule has 0 aromatic heterocycles. The van der Waals surface area contributed by atoms with Crippen LogP contribution in [-0.4, -0.2) is 130 Å². The molecular formula is C62H73LiN4O8. The molecule has 4 saturated heterocycles. The number of hydrogen-bond donors (Lipinski definition) is 1. The van der Waals surface area contributed by atoms with Crippen LogP contribution in [0.15, 0.2) is 182 Å². The van der Waals surface area contributed by atoms with Gasteiger partial charge in [-0.25, -0.2) is 9.59 Å². The number of carbonyl (C=O) groups excluding carboxylic acids is 3. The van der Waals surface area contributed by atoms with Crippen LogP contribution in [0.2, 0.25) is 0 Å². The molecule has 12 nitrogen and oxygen atoms in total. The zero-order valence-corrected chi connectivity index (χ0v) is 42.6. The monoisotopic (exact) mass is 1010 g/mol. The first-order valence-corrected chi connectivity index (χ1v) is 25.5. The van der Waals surface area contributed by atoms with Crippen LogP contribution in [0, 0.1) is 0 Å². The number of methoxy groups -OCH3 is 1. The van der Waals surface area contributed by atoms with Crippen molar-refractivity contribution in [3.8, 4) is 0 Å². The molecule has 0 aliphatic carbocycles. The number of carboxylic acid groups (broad SMARTS) is 1. The molecule has 6 aromatic carbocycles. The maximum Gasteiger partial charge on any atom is 1.00 e. The molecule has 0 spiro atoms. The van der Waals surface area contributed by atoms with Crippen molar-refractivity contribution in [2.24, 2.45) is 0 Å². The summed E-state index contributed by atoms with van der Waals surface area (Å²) in [5.74, 6) is -1.48. The fourth-order valence-corrected chi connectivity index (χ4v) is 11.8. The third-order valence-corrected chi connectivity index (χ3v) is 15.4. The Kier molecular flexibility index (Phi) is 22.6. The van der Waals surface area contributed by atoms with Crippen LogP contribution >= 0.6 is 0 Å². The number of carboxylic acids is 1. The first-order chi connectivity index (χ1) is 34.8. The smallest absolute Gasteiger partial charge is 0.870 e.